The number of hydrogen-bond donors (Lipinski definition) is 1. The number of rotatable bonds is 6. The van der Waals surface area contributed by atoms with Gasteiger partial charge in [-0.1, -0.05) is 23.7 Å². The molecule has 2 unspecified atom stereocenters. The highest BCUT2D eigenvalue weighted by atomic mass is 35.5. The van der Waals surface area contributed by atoms with Crippen molar-refractivity contribution >= 4 is 17.5 Å². The van der Waals surface area contributed by atoms with Crippen LogP contribution in [0, 0.1) is 12.8 Å². The van der Waals surface area contributed by atoms with Crippen molar-refractivity contribution in [1.82, 2.24) is 15.1 Å². The van der Waals surface area contributed by atoms with Gasteiger partial charge in [-0.15, -0.1) is 0 Å². The van der Waals surface area contributed by atoms with Crippen LogP contribution in [0.5, 0.6) is 0 Å². The van der Waals surface area contributed by atoms with Gasteiger partial charge in [-0.2, -0.15) is 18.3 Å². The van der Waals surface area contributed by atoms with Gasteiger partial charge in [-0.25, -0.2) is 0 Å². The van der Waals surface area contributed by atoms with Crippen molar-refractivity contribution in [2.24, 2.45) is 5.92 Å². The summed E-state index contributed by atoms with van der Waals surface area (Å²) in [6, 6.07) is 8.51. The number of benzene rings is 1. The van der Waals surface area contributed by atoms with Gasteiger partial charge in [0.1, 0.15) is 0 Å². The van der Waals surface area contributed by atoms with Crippen LogP contribution in [0.2, 0.25) is 5.02 Å². The molecule has 1 fully saturated rings. The van der Waals surface area contributed by atoms with Gasteiger partial charge in [0.05, 0.1) is 0 Å². The lowest BCUT2D eigenvalue weighted by Crippen LogP contribution is -2.27. The number of nitrogens with zero attached hydrogens (tertiary/aromatic N) is 2. The molecule has 2 aromatic rings. The Morgan fingerprint density at radius 3 is 2.65 bits per heavy atom. The van der Waals surface area contributed by atoms with Gasteiger partial charge in [0.2, 0.25) is 5.91 Å². The Balaban J connectivity index is 1.42. The molecule has 26 heavy (non-hydrogen) atoms. The van der Waals surface area contributed by atoms with E-state index in [0.717, 1.165) is 18.1 Å². The second-order valence-corrected chi connectivity index (χ2v) is 6.97. The highest BCUT2D eigenvalue weighted by Gasteiger charge is 2.43. The quantitative estimate of drug-likeness (QED) is 0.758. The standard InChI is InChI=1S/C18H19ClF3N3O/c1-11-9-16(18(20,21)22)24-25(11)8-2-7-23-17(26)15-10-14(15)12-3-5-13(19)6-4-12/h3-6,9,14-15H,2,7-8,10H2,1H3,(H,23,26). The van der Waals surface area contributed by atoms with Crippen molar-refractivity contribution in [3.05, 3.63) is 52.3 Å². The molecular formula is C18H19ClF3N3O. The maximum Gasteiger partial charge on any atom is 0.435 e. The molecule has 0 aliphatic heterocycles. The van der Waals surface area contributed by atoms with Crippen LogP contribution in [0.15, 0.2) is 30.3 Å². The Labute approximate surface area is 154 Å². The Hall–Kier alpha value is -2.02. The fourth-order valence-corrected chi connectivity index (χ4v) is 3.14. The van der Waals surface area contributed by atoms with Crippen LogP contribution in [-0.2, 0) is 17.5 Å². The normalized spacial score (nSPS) is 19.4. The zero-order valence-electron chi connectivity index (χ0n) is 14.2. The number of amides is 1. The molecule has 0 spiro atoms. The minimum absolute atomic E-state index is 0.0156. The Kier molecular flexibility index (Phi) is 5.27. The molecule has 1 aromatic carbocycles. The van der Waals surface area contributed by atoms with Gasteiger partial charge in [0.15, 0.2) is 5.69 Å². The van der Waals surface area contributed by atoms with E-state index >= 15 is 0 Å². The molecule has 0 bridgehead atoms. The Morgan fingerprint density at radius 2 is 2.04 bits per heavy atom. The molecule has 140 valence electrons. The van der Waals surface area contributed by atoms with E-state index < -0.39 is 11.9 Å². The number of aromatic nitrogens is 2. The molecule has 3 rings (SSSR count). The lowest BCUT2D eigenvalue weighted by atomic mass is 10.1. The second-order valence-electron chi connectivity index (χ2n) is 6.54. The summed E-state index contributed by atoms with van der Waals surface area (Å²) >= 11 is 5.86. The van der Waals surface area contributed by atoms with Crippen molar-refractivity contribution in [2.75, 3.05) is 6.54 Å². The highest BCUT2D eigenvalue weighted by molar-refractivity contribution is 6.30. The summed E-state index contributed by atoms with van der Waals surface area (Å²) in [4.78, 5) is 12.2. The van der Waals surface area contributed by atoms with Crippen LogP contribution in [0.25, 0.3) is 0 Å². The lowest BCUT2D eigenvalue weighted by Gasteiger charge is -2.07. The van der Waals surface area contributed by atoms with Gasteiger partial charge in [-0.3, -0.25) is 9.48 Å². The number of aryl methyl sites for hydroxylation is 2. The predicted octanol–water partition coefficient (Wildman–Crippen LogP) is 4.17. The molecule has 0 radical (unpaired) electrons. The molecule has 0 saturated heterocycles. The van der Waals surface area contributed by atoms with Crippen molar-refractivity contribution in [1.29, 1.82) is 0 Å². The predicted molar refractivity (Wildman–Crippen MR) is 91.9 cm³/mol. The molecule has 1 N–H and O–H groups in total. The van der Waals surface area contributed by atoms with Crippen molar-refractivity contribution < 1.29 is 18.0 Å². The molecule has 4 nitrogen and oxygen atoms in total. The van der Waals surface area contributed by atoms with Crippen LogP contribution in [0.1, 0.15) is 35.7 Å². The first-order valence-electron chi connectivity index (χ1n) is 8.40. The topological polar surface area (TPSA) is 46.9 Å². The van der Waals surface area contributed by atoms with E-state index in [1.54, 1.807) is 6.92 Å². The van der Waals surface area contributed by atoms with Crippen LogP contribution in [-0.4, -0.2) is 22.2 Å². The summed E-state index contributed by atoms with van der Waals surface area (Å²) in [5, 5.41) is 7.09. The maximum atomic E-state index is 12.6. The third-order valence-electron chi connectivity index (χ3n) is 4.54. The van der Waals surface area contributed by atoms with E-state index in [0.29, 0.717) is 30.2 Å². The van der Waals surface area contributed by atoms with E-state index in [9.17, 15) is 18.0 Å². The van der Waals surface area contributed by atoms with Gasteiger partial charge in [-0.05, 0) is 49.4 Å². The molecule has 1 amide bonds. The lowest BCUT2D eigenvalue weighted by molar-refractivity contribution is -0.141. The number of carbonyl (C=O) groups is 1. The van der Waals surface area contributed by atoms with Crippen LogP contribution < -0.4 is 5.32 Å². The zero-order chi connectivity index (χ0) is 18.9. The highest BCUT2D eigenvalue weighted by Crippen LogP contribution is 2.47. The average Bonchev–Trinajstić information content (AvgIpc) is 3.28. The van der Waals surface area contributed by atoms with Crippen molar-refractivity contribution in [2.45, 2.75) is 38.4 Å². The second kappa shape index (κ2) is 7.31. The van der Waals surface area contributed by atoms with Gasteiger partial charge in [0, 0.05) is 29.7 Å². The molecule has 1 saturated carbocycles. The monoisotopic (exact) mass is 385 g/mol. The Bertz CT molecular complexity index is 786. The minimum Gasteiger partial charge on any atom is -0.356 e. The van der Waals surface area contributed by atoms with E-state index in [-0.39, 0.29) is 17.7 Å². The molecule has 1 aliphatic rings. The number of hydrogen-bond acceptors (Lipinski definition) is 2. The van der Waals surface area contributed by atoms with E-state index in [4.69, 9.17) is 11.6 Å². The summed E-state index contributed by atoms with van der Waals surface area (Å²) < 4.78 is 39.2. The smallest absolute Gasteiger partial charge is 0.356 e. The van der Waals surface area contributed by atoms with Gasteiger partial charge < -0.3 is 5.32 Å². The van der Waals surface area contributed by atoms with Gasteiger partial charge in [0.25, 0.3) is 0 Å². The first kappa shape index (κ1) is 18.8. The summed E-state index contributed by atoms with van der Waals surface area (Å²) in [7, 11) is 0. The first-order valence-corrected chi connectivity index (χ1v) is 8.78. The van der Waals surface area contributed by atoms with E-state index in [2.05, 4.69) is 10.4 Å². The molecule has 1 aliphatic carbocycles. The number of carbonyl (C=O) groups excluding carboxylic acids is 1. The van der Waals surface area contributed by atoms with Gasteiger partial charge >= 0.3 is 6.18 Å². The third kappa shape index (κ3) is 4.38. The fraction of sp³-hybridized carbons (Fsp3) is 0.444. The van der Waals surface area contributed by atoms with E-state index in [1.807, 2.05) is 24.3 Å². The fourth-order valence-electron chi connectivity index (χ4n) is 3.01. The molecular weight excluding hydrogens is 367 g/mol. The minimum atomic E-state index is -4.44. The van der Waals surface area contributed by atoms with Crippen LogP contribution >= 0.6 is 11.6 Å². The van der Waals surface area contributed by atoms with E-state index in [1.165, 1.54) is 4.68 Å². The number of alkyl halides is 3. The Morgan fingerprint density at radius 1 is 1.35 bits per heavy atom. The van der Waals surface area contributed by atoms with Crippen LogP contribution in [0.3, 0.4) is 0 Å². The zero-order valence-corrected chi connectivity index (χ0v) is 14.9. The molecule has 8 heteroatoms. The molecule has 1 aromatic heterocycles. The molecule has 2 atom stereocenters. The SMILES string of the molecule is Cc1cc(C(F)(F)F)nn1CCCNC(=O)C1CC1c1ccc(Cl)cc1. The van der Waals surface area contributed by atoms with Crippen molar-refractivity contribution in [3.63, 3.8) is 0 Å². The number of nitrogens with one attached hydrogen (secondary N) is 1. The number of halogens is 4. The third-order valence-corrected chi connectivity index (χ3v) is 4.79. The average molecular weight is 386 g/mol. The summed E-state index contributed by atoms with van der Waals surface area (Å²) in [6.07, 6.45) is -3.11. The summed E-state index contributed by atoms with van der Waals surface area (Å²) in [5.74, 6) is 0.160. The maximum absolute atomic E-state index is 12.6. The summed E-state index contributed by atoms with van der Waals surface area (Å²) in [5.41, 5.74) is 0.665. The summed E-state index contributed by atoms with van der Waals surface area (Å²) in [6.45, 7) is 2.32. The first-order chi connectivity index (χ1) is 12.3. The largest absolute Gasteiger partial charge is 0.435 e. The molecule has 1 heterocycles. The van der Waals surface area contributed by atoms with Crippen molar-refractivity contribution in [3.8, 4) is 0 Å². The van der Waals surface area contributed by atoms with Crippen LogP contribution in [0.4, 0.5) is 13.2 Å².